The van der Waals surface area contributed by atoms with E-state index in [1.807, 2.05) is 24.3 Å². The van der Waals surface area contributed by atoms with Gasteiger partial charge in [-0.3, -0.25) is 4.68 Å². The number of esters is 1. The van der Waals surface area contributed by atoms with Gasteiger partial charge in [0.05, 0.1) is 19.9 Å². The molecule has 0 aliphatic rings. The number of methoxy groups -OCH3 is 1. The lowest BCUT2D eigenvalue weighted by Gasteiger charge is -2.03. The van der Waals surface area contributed by atoms with Crippen molar-refractivity contribution >= 4 is 23.6 Å². The van der Waals surface area contributed by atoms with Crippen LogP contribution in [0.15, 0.2) is 42.2 Å². The highest BCUT2D eigenvalue weighted by Crippen LogP contribution is 2.16. The van der Waals surface area contributed by atoms with Crippen LogP contribution >= 0.6 is 11.6 Å². The fourth-order valence-electron chi connectivity index (χ4n) is 1.76. The molecule has 5 nitrogen and oxygen atoms in total. The van der Waals surface area contributed by atoms with Crippen LogP contribution in [0.4, 0.5) is 0 Å². The minimum atomic E-state index is -0.670. The summed E-state index contributed by atoms with van der Waals surface area (Å²) in [6.07, 6.45) is 4.72. The molecule has 1 aromatic carbocycles. The molecule has 2 rings (SSSR count). The lowest BCUT2D eigenvalue weighted by Crippen LogP contribution is -2.02. The number of nitriles is 1. The first kappa shape index (κ1) is 14.8. The van der Waals surface area contributed by atoms with Crippen LogP contribution in [0, 0.1) is 11.3 Å². The number of nitrogens with zero attached hydrogens (tertiary/aromatic N) is 3. The fourth-order valence-corrected chi connectivity index (χ4v) is 1.95. The highest BCUT2D eigenvalue weighted by Gasteiger charge is 2.09. The van der Waals surface area contributed by atoms with Crippen molar-refractivity contribution in [3.05, 3.63) is 58.4 Å². The molecule has 0 spiro atoms. The van der Waals surface area contributed by atoms with Crippen molar-refractivity contribution in [2.75, 3.05) is 7.11 Å². The van der Waals surface area contributed by atoms with E-state index in [2.05, 4.69) is 9.84 Å². The predicted molar refractivity (Wildman–Crippen MR) is 78.4 cm³/mol. The van der Waals surface area contributed by atoms with Crippen LogP contribution in [-0.4, -0.2) is 22.9 Å². The standard InChI is InChI=1S/C15H12ClN3O2/c1-21-15(20)13(7-17)6-11-8-18-19(9-11)10-12-4-2-3-5-14(12)16/h2-6,8-9H,10H2,1H3. The lowest BCUT2D eigenvalue weighted by atomic mass is 10.2. The average Bonchev–Trinajstić information content (AvgIpc) is 2.93. The van der Waals surface area contributed by atoms with Crippen molar-refractivity contribution in [1.29, 1.82) is 5.26 Å². The lowest BCUT2D eigenvalue weighted by molar-refractivity contribution is -0.135. The summed E-state index contributed by atoms with van der Waals surface area (Å²) in [6.45, 7) is 0.508. The van der Waals surface area contributed by atoms with Crippen LogP contribution in [-0.2, 0) is 16.1 Å². The minimum absolute atomic E-state index is 0.0743. The minimum Gasteiger partial charge on any atom is -0.465 e. The quantitative estimate of drug-likeness (QED) is 0.494. The number of aromatic nitrogens is 2. The molecule has 0 unspecified atom stereocenters. The smallest absolute Gasteiger partial charge is 0.348 e. The summed E-state index contributed by atoms with van der Waals surface area (Å²) >= 11 is 6.09. The largest absolute Gasteiger partial charge is 0.465 e. The molecule has 0 saturated carbocycles. The van der Waals surface area contributed by atoms with Crippen molar-refractivity contribution in [2.45, 2.75) is 6.54 Å². The molecule has 2 aromatic rings. The molecule has 6 heteroatoms. The van der Waals surface area contributed by atoms with E-state index in [1.54, 1.807) is 23.1 Å². The first-order valence-corrected chi connectivity index (χ1v) is 6.48. The van der Waals surface area contributed by atoms with Crippen LogP contribution in [0.25, 0.3) is 6.08 Å². The zero-order valence-electron chi connectivity index (χ0n) is 11.3. The van der Waals surface area contributed by atoms with Crippen LogP contribution in [0.1, 0.15) is 11.1 Å². The molecule has 0 atom stereocenters. The van der Waals surface area contributed by atoms with Gasteiger partial charge in [-0.2, -0.15) is 10.4 Å². The molecule has 0 bridgehead atoms. The topological polar surface area (TPSA) is 67.9 Å². The van der Waals surface area contributed by atoms with E-state index in [1.165, 1.54) is 13.2 Å². The molecule has 0 aliphatic carbocycles. The Kier molecular flexibility index (Phi) is 4.75. The molecule has 0 aliphatic heterocycles. The summed E-state index contributed by atoms with van der Waals surface area (Å²) in [5.74, 6) is -0.670. The highest BCUT2D eigenvalue weighted by atomic mass is 35.5. The molecule has 0 amide bonds. The van der Waals surface area contributed by atoms with Gasteiger partial charge in [-0.05, 0) is 17.7 Å². The van der Waals surface area contributed by atoms with Crippen molar-refractivity contribution in [3.63, 3.8) is 0 Å². The molecule has 0 saturated heterocycles. The SMILES string of the molecule is COC(=O)C(C#N)=Cc1cnn(Cc2ccccc2Cl)c1. The second kappa shape index (κ2) is 6.73. The van der Waals surface area contributed by atoms with Crippen molar-refractivity contribution in [3.8, 4) is 6.07 Å². The number of benzene rings is 1. The van der Waals surface area contributed by atoms with Gasteiger partial charge in [0.2, 0.25) is 0 Å². The van der Waals surface area contributed by atoms with Gasteiger partial charge in [0.1, 0.15) is 11.6 Å². The molecular formula is C15H12ClN3O2. The molecule has 1 heterocycles. The number of rotatable bonds is 4. The number of carbonyl (C=O) groups excluding carboxylic acids is 1. The zero-order valence-corrected chi connectivity index (χ0v) is 12.0. The molecule has 0 radical (unpaired) electrons. The number of hydrogen-bond donors (Lipinski definition) is 0. The van der Waals surface area contributed by atoms with E-state index in [0.717, 1.165) is 5.56 Å². The van der Waals surface area contributed by atoms with Crippen LogP contribution < -0.4 is 0 Å². The van der Waals surface area contributed by atoms with E-state index in [0.29, 0.717) is 17.1 Å². The van der Waals surface area contributed by atoms with Gasteiger partial charge in [-0.15, -0.1) is 0 Å². The molecular weight excluding hydrogens is 290 g/mol. The predicted octanol–water partition coefficient (Wildman–Crippen LogP) is 2.66. The summed E-state index contributed by atoms with van der Waals surface area (Å²) in [6, 6.07) is 9.28. The second-order valence-corrected chi connectivity index (χ2v) is 4.63. The van der Waals surface area contributed by atoms with Gasteiger partial charge >= 0.3 is 5.97 Å². The number of halogens is 1. The summed E-state index contributed by atoms with van der Waals surface area (Å²) in [5.41, 5.74) is 1.50. The van der Waals surface area contributed by atoms with Gasteiger partial charge < -0.3 is 4.74 Å². The van der Waals surface area contributed by atoms with E-state index in [9.17, 15) is 4.79 Å². The molecule has 106 valence electrons. The Morgan fingerprint density at radius 2 is 2.29 bits per heavy atom. The van der Waals surface area contributed by atoms with Crippen molar-refractivity contribution in [2.24, 2.45) is 0 Å². The normalized spacial score (nSPS) is 11.0. The van der Waals surface area contributed by atoms with Gasteiger partial charge in [0.15, 0.2) is 0 Å². The first-order valence-electron chi connectivity index (χ1n) is 6.10. The zero-order chi connectivity index (χ0) is 15.2. The van der Waals surface area contributed by atoms with E-state index < -0.39 is 5.97 Å². The van der Waals surface area contributed by atoms with Gasteiger partial charge in [-0.1, -0.05) is 29.8 Å². The second-order valence-electron chi connectivity index (χ2n) is 4.22. The highest BCUT2D eigenvalue weighted by molar-refractivity contribution is 6.31. The maximum absolute atomic E-state index is 11.3. The number of ether oxygens (including phenoxy) is 1. The number of carbonyl (C=O) groups is 1. The average molecular weight is 302 g/mol. The van der Waals surface area contributed by atoms with Crippen LogP contribution in [0.3, 0.4) is 0 Å². The summed E-state index contributed by atoms with van der Waals surface area (Å²) in [7, 11) is 1.23. The Morgan fingerprint density at radius 3 is 2.95 bits per heavy atom. The van der Waals surface area contributed by atoms with E-state index in [4.69, 9.17) is 16.9 Å². The molecule has 21 heavy (non-hydrogen) atoms. The third kappa shape index (κ3) is 3.71. The summed E-state index contributed by atoms with van der Waals surface area (Å²) in [4.78, 5) is 11.3. The Bertz CT molecular complexity index is 729. The van der Waals surface area contributed by atoms with Crippen molar-refractivity contribution < 1.29 is 9.53 Å². The van der Waals surface area contributed by atoms with Gasteiger partial charge in [-0.25, -0.2) is 4.79 Å². The summed E-state index contributed by atoms with van der Waals surface area (Å²) in [5, 5.41) is 13.7. The maximum Gasteiger partial charge on any atom is 0.348 e. The third-order valence-corrected chi connectivity index (χ3v) is 3.15. The molecule has 0 fully saturated rings. The van der Waals surface area contributed by atoms with E-state index in [-0.39, 0.29) is 5.57 Å². The van der Waals surface area contributed by atoms with Gasteiger partial charge in [0, 0.05) is 16.8 Å². The first-order chi connectivity index (χ1) is 10.1. The monoisotopic (exact) mass is 301 g/mol. The maximum atomic E-state index is 11.3. The molecule has 0 N–H and O–H groups in total. The summed E-state index contributed by atoms with van der Waals surface area (Å²) < 4.78 is 6.20. The van der Waals surface area contributed by atoms with Gasteiger partial charge in [0.25, 0.3) is 0 Å². The Hall–Kier alpha value is -2.58. The third-order valence-electron chi connectivity index (χ3n) is 2.78. The Morgan fingerprint density at radius 1 is 1.52 bits per heavy atom. The number of hydrogen-bond acceptors (Lipinski definition) is 4. The Labute approximate surface area is 127 Å². The molecule has 1 aromatic heterocycles. The van der Waals surface area contributed by atoms with Crippen LogP contribution in [0.2, 0.25) is 5.02 Å². The van der Waals surface area contributed by atoms with Crippen LogP contribution in [0.5, 0.6) is 0 Å². The Balaban J connectivity index is 2.19. The fraction of sp³-hybridized carbons (Fsp3) is 0.133. The van der Waals surface area contributed by atoms with E-state index >= 15 is 0 Å². The van der Waals surface area contributed by atoms with Crippen molar-refractivity contribution in [1.82, 2.24) is 9.78 Å².